The maximum Gasteiger partial charge on any atom is 0.269 e. The molecule has 21 heavy (non-hydrogen) atoms. The normalized spacial score (nSPS) is 16.7. The number of hydrogen-bond acceptors (Lipinski definition) is 3. The summed E-state index contributed by atoms with van der Waals surface area (Å²) in [4.78, 5) is 16.5. The van der Waals surface area contributed by atoms with Gasteiger partial charge in [-0.2, -0.15) is 0 Å². The van der Waals surface area contributed by atoms with E-state index in [1.807, 2.05) is 12.1 Å². The summed E-state index contributed by atoms with van der Waals surface area (Å²) in [7, 11) is 0. The van der Waals surface area contributed by atoms with Gasteiger partial charge in [0.1, 0.15) is 5.69 Å². The molecule has 116 valence electrons. The molecule has 0 bridgehead atoms. The van der Waals surface area contributed by atoms with Gasteiger partial charge in [0.25, 0.3) is 5.91 Å². The van der Waals surface area contributed by atoms with E-state index in [-0.39, 0.29) is 5.91 Å². The van der Waals surface area contributed by atoms with Crippen molar-refractivity contribution >= 4 is 11.6 Å². The Morgan fingerprint density at radius 1 is 1.33 bits per heavy atom. The van der Waals surface area contributed by atoms with Crippen molar-refractivity contribution in [2.24, 2.45) is 5.41 Å². The van der Waals surface area contributed by atoms with Gasteiger partial charge in [0.15, 0.2) is 0 Å². The van der Waals surface area contributed by atoms with Crippen molar-refractivity contribution in [3.63, 3.8) is 0 Å². The highest BCUT2D eigenvalue weighted by Gasteiger charge is 2.32. The summed E-state index contributed by atoms with van der Waals surface area (Å²) < 4.78 is 0. The van der Waals surface area contributed by atoms with Crippen molar-refractivity contribution in [1.29, 1.82) is 0 Å². The van der Waals surface area contributed by atoms with Gasteiger partial charge < -0.3 is 10.6 Å². The molecule has 2 N–H and O–H groups in total. The molecule has 1 amide bonds. The first-order valence-corrected chi connectivity index (χ1v) is 8.17. The van der Waals surface area contributed by atoms with Crippen molar-refractivity contribution in [3.05, 3.63) is 24.0 Å². The fraction of sp³-hybridized carbons (Fsp3) is 0.647. The smallest absolute Gasteiger partial charge is 0.269 e. The number of anilines is 1. The largest absolute Gasteiger partial charge is 0.385 e. The average molecular weight is 289 g/mol. The number of hydrogen-bond donors (Lipinski definition) is 2. The van der Waals surface area contributed by atoms with Crippen LogP contribution in [0.1, 0.15) is 62.9 Å². The molecule has 0 aromatic carbocycles. The number of amides is 1. The minimum atomic E-state index is -0.0603. The lowest BCUT2D eigenvalue weighted by molar-refractivity contribution is 0.0924. The Kier molecular flexibility index (Phi) is 5.59. The molecule has 0 saturated heterocycles. The van der Waals surface area contributed by atoms with Gasteiger partial charge in [0, 0.05) is 25.0 Å². The third kappa shape index (κ3) is 4.19. The van der Waals surface area contributed by atoms with Crippen LogP contribution in [0.25, 0.3) is 0 Å². The lowest BCUT2D eigenvalue weighted by Gasteiger charge is -2.27. The standard InChI is InChI=1S/C17H27N3O/c1-3-10-18-14-7-11-19-15(12-14)16(21)20-13-17(4-2)8-5-6-9-17/h7,11-12H,3-6,8-10,13H2,1-2H3,(H,18,19)(H,20,21). The van der Waals surface area contributed by atoms with Crippen molar-refractivity contribution in [3.8, 4) is 0 Å². The first kappa shape index (κ1) is 15.8. The van der Waals surface area contributed by atoms with Gasteiger partial charge in [-0.1, -0.05) is 26.7 Å². The quantitative estimate of drug-likeness (QED) is 0.806. The molecule has 4 nitrogen and oxygen atoms in total. The SMILES string of the molecule is CCCNc1ccnc(C(=O)NCC2(CC)CCCC2)c1. The molecule has 1 fully saturated rings. The number of pyridine rings is 1. The molecule has 0 atom stereocenters. The monoisotopic (exact) mass is 289 g/mol. The van der Waals surface area contributed by atoms with Crippen molar-refractivity contribution in [1.82, 2.24) is 10.3 Å². The summed E-state index contributed by atoms with van der Waals surface area (Å²) in [5.41, 5.74) is 1.77. The van der Waals surface area contributed by atoms with E-state index in [4.69, 9.17) is 0 Å². The molecule has 0 aliphatic heterocycles. The van der Waals surface area contributed by atoms with Crippen LogP contribution in [0.15, 0.2) is 18.3 Å². The molecule has 2 rings (SSSR count). The van der Waals surface area contributed by atoms with E-state index >= 15 is 0 Å². The van der Waals surface area contributed by atoms with Gasteiger partial charge in [0.05, 0.1) is 0 Å². The van der Waals surface area contributed by atoms with Gasteiger partial charge in [-0.25, -0.2) is 0 Å². The van der Waals surface area contributed by atoms with E-state index in [1.165, 1.54) is 25.7 Å². The summed E-state index contributed by atoms with van der Waals surface area (Å²) in [6.45, 7) is 6.03. The minimum absolute atomic E-state index is 0.0603. The van der Waals surface area contributed by atoms with Gasteiger partial charge in [-0.15, -0.1) is 0 Å². The second-order valence-electron chi connectivity index (χ2n) is 6.10. The second kappa shape index (κ2) is 7.43. The van der Waals surface area contributed by atoms with Crippen LogP contribution in [-0.4, -0.2) is 24.0 Å². The third-order valence-electron chi connectivity index (χ3n) is 4.61. The van der Waals surface area contributed by atoms with E-state index in [1.54, 1.807) is 6.20 Å². The van der Waals surface area contributed by atoms with Gasteiger partial charge >= 0.3 is 0 Å². The maximum absolute atomic E-state index is 12.3. The Morgan fingerprint density at radius 2 is 2.10 bits per heavy atom. The van der Waals surface area contributed by atoms with Crippen LogP contribution >= 0.6 is 0 Å². The first-order valence-electron chi connectivity index (χ1n) is 8.17. The molecule has 1 aromatic heterocycles. The number of carbonyl (C=O) groups excluding carboxylic acids is 1. The van der Waals surface area contributed by atoms with Gasteiger partial charge in [-0.3, -0.25) is 9.78 Å². The number of carbonyl (C=O) groups is 1. The van der Waals surface area contributed by atoms with E-state index in [0.29, 0.717) is 11.1 Å². The second-order valence-corrected chi connectivity index (χ2v) is 6.10. The predicted molar refractivity (Wildman–Crippen MR) is 86.5 cm³/mol. The molecule has 0 unspecified atom stereocenters. The van der Waals surface area contributed by atoms with E-state index in [2.05, 4.69) is 29.5 Å². The summed E-state index contributed by atoms with van der Waals surface area (Å²) in [5.74, 6) is -0.0603. The van der Waals surface area contributed by atoms with Crippen LogP contribution in [0.4, 0.5) is 5.69 Å². The number of nitrogens with zero attached hydrogens (tertiary/aromatic N) is 1. The minimum Gasteiger partial charge on any atom is -0.385 e. The van der Waals surface area contributed by atoms with E-state index in [0.717, 1.165) is 31.6 Å². The zero-order valence-electron chi connectivity index (χ0n) is 13.2. The summed E-state index contributed by atoms with van der Waals surface area (Å²) in [6.07, 6.45) is 8.93. The van der Waals surface area contributed by atoms with Crippen molar-refractivity contribution in [2.45, 2.75) is 52.4 Å². The number of rotatable bonds is 7. The van der Waals surface area contributed by atoms with Crippen LogP contribution in [0, 0.1) is 5.41 Å². The maximum atomic E-state index is 12.3. The van der Waals surface area contributed by atoms with Crippen LogP contribution in [0.3, 0.4) is 0 Å². The molecule has 1 aliphatic carbocycles. The highest BCUT2D eigenvalue weighted by Crippen LogP contribution is 2.40. The highest BCUT2D eigenvalue weighted by molar-refractivity contribution is 5.93. The molecule has 4 heteroatoms. The Balaban J connectivity index is 1.93. The first-order chi connectivity index (χ1) is 10.2. The summed E-state index contributed by atoms with van der Waals surface area (Å²) in [5, 5.41) is 6.37. The van der Waals surface area contributed by atoms with Crippen molar-refractivity contribution in [2.75, 3.05) is 18.4 Å². The molecular weight excluding hydrogens is 262 g/mol. The topological polar surface area (TPSA) is 54.0 Å². The predicted octanol–water partition coefficient (Wildman–Crippen LogP) is 3.60. The van der Waals surface area contributed by atoms with Crippen molar-refractivity contribution < 1.29 is 4.79 Å². The van der Waals surface area contributed by atoms with E-state index in [9.17, 15) is 4.79 Å². The van der Waals surface area contributed by atoms with E-state index < -0.39 is 0 Å². The lowest BCUT2D eigenvalue weighted by atomic mass is 9.83. The lowest BCUT2D eigenvalue weighted by Crippen LogP contribution is -2.36. The molecule has 1 heterocycles. The summed E-state index contributed by atoms with van der Waals surface area (Å²) in [6, 6.07) is 3.73. The van der Waals surface area contributed by atoms with Crippen LogP contribution in [-0.2, 0) is 0 Å². The number of aromatic nitrogens is 1. The third-order valence-corrected chi connectivity index (χ3v) is 4.61. The zero-order chi connectivity index (χ0) is 15.1. The average Bonchev–Trinajstić information content (AvgIpc) is 3.00. The van der Waals surface area contributed by atoms with Crippen LogP contribution < -0.4 is 10.6 Å². The van der Waals surface area contributed by atoms with Crippen LogP contribution in [0.2, 0.25) is 0 Å². The molecule has 1 aromatic rings. The van der Waals surface area contributed by atoms with Gasteiger partial charge in [-0.05, 0) is 43.2 Å². The number of nitrogens with one attached hydrogen (secondary N) is 2. The molecule has 0 spiro atoms. The Bertz CT molecular complexity index is 467. The molecule has 0 radical (unpaired) electrons. The highest BCUT2D eigenvalue weighted by atomic mass is 16.1. The molecule has 1 aliphatic rings. The zero-order valence-corrected chi connectivity index (χ0v) is 13.2. The fourth-order valence-corrected chi connectivity index (χ4v) is 3.07. The Morgan fingerprint density at radius 3 is 2.76 bits per heavy atom. The van der Waals surface area contributed by atoms with Gasteiger partial charge in [0.2, 0.25) is 0 Å². The Labute approximate surface area is 127 Å². The summed E-state index contributed by atoms with van der Waals surface area (Å²) >= 11 is 0. The molecular formula is C17H27N3O. The Hall–Kier alpha value is -1.58. The molecule has 1 saturated carbocycles. The fourth-order valence-electron chi connectivity index (χ4n) is 3.07. The van der Waals surface area contributed by atoms with Crippen LogP contribution in [0.5, 0.6) is 0 Å².